The molecule has 0 saturated carbocycles. The summed E-state index contributed by atoms with van der Waals surface area (Å²) in [5.41, 5.74) is 0. The number of rotatable bonds is 7. The summed E-state index contributed by atoms with van der Waals surface area (Å²) in [4.78, 5) is 5.26. The minimum Gasteiger partial charge on any atom is -0.467 e. The summed E-state index contributed by atoms with van der Waals surface area (Å²) in [6.45, 7) is 0.849. The molecule has 0 aliphatic rings. The van der Waals surface area contributed by atoms with E-state index in [1.165, 1.54) is 6.33 Å². The molecular weight excluding hydrogens is 308 g/mol. The van der Waals surface area contributed by atoms with E-state index in [-0.39, 0.29) is 6.04 Å². The quantitative estimate of drug-likeness (QED) is 0.654. The molecule has 3 aromatic rings. The minimum atomic E-state index is 0.0345. The lowest BCUT2D eigenvalue weighted by Crippen LogP contribution is -2.22. The van der Waals surface area contributed by atoms with Crippen molar-refractivity contribution < 1.29 is 4.42 Å². The maximum absolute atomic E-state index is 6.04. The normalized spacial score (nSPS) is 12.6. The summed E-state index contributed by atoms with van der Waals surface area (Å²) in [6, 6.07) is 7.85. The fourth-order valence-electron chi connectivity index (χ4n) is 2.13. The first kappa shape index (κ1) is 14.3. The van der Waals surface area contributed by atoms with Crippen LogP contribution in [0.4, 0.5) is 0 Å². The highest BCUT2D eigenvalue weighted by molar-refractivity contribution is 7.16. The second kappa shape index (κ2) is 6.89. The van der Waals surface area contributed by atoms with Gasteiger partial charge in [-0.2, -0.15) is 5.10 Å². The topological polar surface area (TPSA) is 66.7 Å². The van der Waals surface area contributed by atoms with Crippen molar-refractivity contribution in [2.24, 2.45) is 0 Å². The van der Waals surface area contributed by atoms with Crippen molar-refractivity contribution in [1.82, 2.24) is 20.5 Å². The Morgan fingerprint density at radius 1 is 1.38 bits per heavy atom. The molecule has 0 amide bonds. The van der Waals surface area contributed by atoms with Gasteiger partial charge < -0.3 is 9.73 Å². The number of aryl methyl sites for hydroxylation is 1. The Bertz CT molecular complexity index is 650. The van der Waals surface area contributed by atoms with E-state index in [0.717, 1.165) is 40.2 Å². The molecule has 110 valence electrons. The molecule has 0 aromatic carbocycles. The van der Waals surface area contributed by atoms with Crippen molar-refractivity contribution in [3.63, 3.8) is 0 Å². The fraction of sp³-hybridized carbons (Fsp3) is 0.286. The van der Waals surface area contributed by atoms with E-state index in [4.69, 9.17) is 16.0 Å². The van der Waals surface area contributed by atoms with E-state index in [0.29, 0.717) is 0 Å². The molecule has 0 radical (unpaired) electrons. The number of nitrogens with zero attached hydrogens (tertiary/aromatic N) is 2. The van der Waals surface area contributed by atoms with Gasteiger partial charge in [-0.1, -0.05) is 11.6 Å². The van der Waals surface area contributed by atoms with Gasteiger partial charge >= 0.3 is 0 Å². The van der Waals surface area contributed by atoms with Crippen molar-refractivity contribution in [3.05, 3.63) is 57.7 Å². The monoisotopic (exact) mass is 322 g/mol. The van der Waals surface area contributed by atoms with Crippen molar-refractivity contribution in [3.8, 4) is 0 Å². The number of halogens is 1. The first-order valence-corrected chi connectivity index (χ1v) is 7.88. The predicted molar refractivity (Wildman–Crippen MR) is 82.6 cm³/mol. The van der Waals surface area contributed by atoms with Gasteiger partial charge in [-0.15, -0.1) is 11.3 Å². The van der Waals surface area contributed by atoms with Gasteiger partial charge in [0.05, 0.1) is 10.6 Å². The van der Waals surface area contributed by atoms with Crippen LogP contribution in [0, 0.1) is 0 Å². The number of thiophene rings is 1. The number of aromatic nitrogens is 3. The lowest BCUT2D eigenvalue weighted by Gasteiger charge is -2.14. The van der Waals surface area contributed by atoms with Gasteiger partial charge in [0.1, 0.15) is 24.0 Å². The van der Waals surface area contributed by atoms with Crippen molar-refractivity contribution >= 4 is 22.9 Å². The molecule has 3 aromatic heterocycles. The van der Waals surface area contributed by atoms with Gasteiger partial charge in [-0.05, 0) is 37.2 Å². The molecule has 2 N–H and O–H groups in total. The third-order valence-electron chi connectivity index (χ3n) is 3.11. The van der Waals surface area contributed by atoms with Crippen LogP contribution in [0.3, 0.4) is 0 Å². The SMILES string of the molecule is Clc1ccc(C(NCCCc2ncn[nH]2)c2ccco2)s1. The van der Waals surface area contributed by atoms with Crippen molar-refractivity contribution in [2.45, 2.75) is 18.9 Å². The Morgan fingerprint density at radius 2 is 2.33 bits per heavy atom. The zero-order valence-corrected chi connectivity index (χ0v) is 12.8. The van der Waals surface area contributed by atoms with Crippen LogP contribution in [0.5, 0.6) is 0 Å². The minimum absolute atomic E-state index is 0.0345. The van der Waals surface area contributed by atoms with Gasteiger partial charge in [0.25, 0.3) is 0 Å². The highest BCUT2D eigenvalue weighted by atomic mass is 35.5. The van der Waals surface area contributed by atoms with Gasteiger partial charge in [0.15, 0.2) is 0 Å². The molecule has 7 heteroatoms. The molecule has 0 aliphatic carbocycles. The van der Waals surface area contributed by atoms with Gasteiger partial charge in [-0.25, -0.2) is 4.98 Å². The second-order valence-electron chi connectivity index (χ2n) is 4.58. The van der Waals surface area contributed by atoms with Gasteiger partial charge in [0, 0.05) is 11.3 Å². The number of nitrogens with one attached hydrogen (secondary N) is 2. The largest absolute Gasteiger partial charge is 0.467 e. The predicted octanol–water partition coefficient (Wildman–Crippen LogP) is 3.42. The summed E-state index contributed by atoms with van der Waals surface area (Å²) in [5, 5.41) is 10.2. The zero-order chi connectivity index (χ0) is 14.5. The maximum Gasteiger partial charge on any atom is 0.137 e. The van der Waals surface area contributed by atoms with E-state index in [1.54, 1.807) is 17.6 Å². The zero-order valence-electron chi connectivity index (χ0n) is 11.3. The Kier molecular flexibility index (Phi) is 4.69. The smallest absolute Gasteiger partial charge is 0.137 e. The van der Waals surface area contributed by atoms with E-state index >= 15 is 0 Å². The molecule has 3 heterocycles. The summed E-state index contributed by atoms with van der Waals surface area (Å²) in [6.07, 6.45) is 5.05. The summed E-state index contributed by atoms with van der Waals surface area (Å²) in [7, 11) is 0. The third kappa shape index (κ3) is 3.72. The Balaban J connectivity index is 1.60. The first-order chi connectivity index (χ1) is 10.3. The first-order valence-electron chi connectivity index (χ1n) is 6.69. The van der Waals surface area contributed by atoms with Crippen LogP contribution in [-0.4, -0.2) is 21.7 Å². The van der Waals surface area contributed by atoms with Crippen molar-refractivity contribution in [1.29, 1.82) is 0 Å². The molecular formula is C14H15ClN4OS. The number of furan rings is 1. The third-order valence-corrected chi connectivity index (χ3v) is 4.41. The lowest BCUT2D eigenvalue weighted by molar-refractivity contribution is 0.447. The van der Waals surface area contributed by atoms with Crippen LogP contribution in [-0.2, 0) is 6.42 Å². The number of H-pyrrole nitrogens is 1. The maximum atomic E-state index is 6.04. The molecule has 1 atom stereocenters. The van der Waals surface area contributed by atoms with E-state index in [2.05, 4.69) is 20.5 Å². The van der Waals surface area contributed by atoms with E-state index < -0.39 is 0 Å². The van der Waals surface area contributed by atoms with Gasteiger partial charge in [-0.3, -0.25) is 5.10 Å². The Morgan fingerprint density at radius 3 is 3.00 bits per heavy atom. The van der Waals surface area contributed by atoms with Crippen LogP contribution < -0.4 is 5.32 Å². The Hall–Kier alpha value is -1.63. The fourth-order valence-corrected chi connectivity index (χ4v) is 3.28. The molecule has 0 fully saturated rings. The average molecular weight is 323 g/mol. The number of aromatic amines is 1. The van der Waals surface area contributed by atoms with E-state index in [9.17, 15) is 0 Å². The van der Waals surface area contributed by atoms with Gasteiger partial charge in [0.2, 0.25) is 0 Å². The average Bonchev–Trinajstić information content (AvgIpc) is 3.20. The molecule has 0 aliphatic heterocycles. The highest BCUT2D eigenvalue weighted by Crippen LogP contribution is 2.31. The molecule has 1 unspecified atom stereocenters. The van der Waals surface area contributed by atoms with Crippen LogP contribution in [0.1, 0.15) is 28.9 Å². The number of hydrogen-bond donors (Lipinski definition) is 2. The molecule has 0 bridgehead atoms. The molecule has 0 saturated heterocycles. The molecule has 0 spiro atoms. The van der Waals surface area contributed by atoms with Crippen LogP contribution in [0.15, 0.2) is 41.3 Å². The van der Waals surface area contributed by atoms with Crippen LogP contribution in [0.25, 0.3) is 0 Å². The summed E-state index contributed by atoms with van der Waals surface area (Å²) >= 11 is 7.60. The van der Waals surface area contributed by atoms with Crippen LogP contribution in [0.2, 0.25) is 4.34 Å². The number of hydrogen-bond acceptors (Lipinski definition) is 5. The highest BCUT2D eigenvalue weighted by Gasteiger charge is 2.18. The standard InChI is InChI=1S/C14H15ClN4OS/c15-12-6-5-11(21-12)14(10-3-2-8-20-10)16-7-1-4-13-17-9-18-19-13/h2-3,5-6,8-9,14,16H,1,4,7H2,(H,17,18,19). The van der Waals surface area contributed by atoms with Crippen LogP contribution >= 0.6 is 22.9 Å². The Labute approximate surface area is 131 Å². The summed E-state index contributed by atoms with van der Waals surface area (Å²) in [5.74, 6) is 1.80. The molecule has 3 rings (SSSR count). The van der Waals surface area contributed by atoms with Crippen molar-refractivity contribution in [2.75, 3.05) is 6.54 Å². The molecule has 5 nitrogen and oxygen atoms in total. The van der Waals surface area contributed by atoms with E-state index in [1.807, 2.05) is 24.3 Å². The second-order valence-corrected chi connectivity index (χ2v) is 6.33. The molecule has 21 heavy (non-hydrogen) atoms. The summed E-state index contributed by atoms with van der Waals surface area (Å²) < 4.78 is 6.32. The lowest BCUT2D eigenvalue weighted by atomic mass is 10.1.